The van der Waals surface area contributed by atoms with Crippen LogP contribution in [0.5, 0.6) is 0 Å². The minimum Gasteiger partial charge on any atom is -0.0925 e. The number of hydrogen-bond acceptors (Lipinski definition) is 0. The molecule has 0 radical (unpaired) electrons. The molecule has 1 aromatic rings. The summed E-state index contributed by atoms with van der Waals surface area (Å²) in [6.07, 6.45) is 3.37. The van der Waals surface area contributed by atoms with Gasteiger partial charge in [0.1, 0.15) is 0 Å². The third-order valence-corrected chi connectivity index (χ3v) is 3.22. The highest BCUT2D eigenvalue weighted by Gasteiger charge is 2.12. The van der Waals surface area contributed by atoms with E-state index in [0.29, 0.717) is 0 Å². The van der Waals surface area contributed by atoms with Gasteiger partial charge in [0.25, 0.3) is 0 Å². The molecule has 88 valence electrons. The van der Waals surface area contributed by atoms with E-state index in [1.54, 1.807) is 0 Å². The summed E-state index contributed by atoms with van der Waals surface area (Å²) >= 11 is 3.44. The topological polar surface area (TPSA) is 0 Å². The fourth-order valence-corrected chi connectivity index (χ4v) is 1.85. The fraction of sp³-hybridized carbons (Fsp3) is 0.467. The predicted octanol–water partition coefficient (Wildman–Crippen LogP) is 5.17. The van der Waals surface area contributed by atoms with Crippen molar-refractivity contribution in [3.8, 4) is 0 Å². The van der Waals surface area contributed by atoms with Gasteiger partial charge >= 0.3 is 0 Å². The molecule has 0 aliphatic rings. The van der Waals surface area contributed by atoms with Gasteiger partial charge in [0.05, 0.1) is 0 Å². The van der Waals surface area contributed by atoms with Gasteiger partial charge in [-0.1, -0.05) is 67.0 Å². The van der Waals surface area contributed by atoms with Crippen molar-refractivity contribution >= 4 is 21.5 Å². The monoisotopic (exact) mass is 280 g/mol. The summed E-state index contributed by atoms with van der Waals surface area (Å²) in [5, 5.41) is 1.03. The lowest BCUT2D eigenvalue weighted by Gasteiger charge is -2.19. The van der Waals surface area contributed by atoms with E-state index < -0.39 is 0 Å². The summed E-state index contributed by atoms with van der Waals surface area (Å²) < 4.78 is 0. The van der Waals surface area contributed by atoms with Crippen LogP contribution >= 0.6 is 15.9 Å². The first-order chi connectivity index (χ1) is 7.45. The van der Waals surface area contributed by atoms with Gasteiger partial charge in [-0.05, 0) is 35.5 Å². The van der Waals surface area contributed by atoms with Crippen molar-refractivity contribution in [1.29, 1.82) is 0 Å². The molecule has 0 N–H and O–H groups in total. The standard InChI is InChI=1S/C15H21Br/c1-12(6-5-11-16)13-7-9-14(10-8-13)15(2,3)4/h6-10H,5,11H2,1-4H3/b12-6+. The molecule has 1 rings (SSSR count). The number of halogens is 1. The zero-order chi connectivity index (χ0) is 12.2. The van der Waals surface area contributed by atoms with Crippen molar-refractivity contribution in [3.63, 3.8) is 0 Å². The van der Waals surface area contributed by atoms with Gasteiger partial charge < -0.3 is 0 Å². The number of benzene rings is 1. The Morgan fingerprint density at radius 3 is 2.19 bits per heavy atom. The third kappa shape index (κ3) is 3.79. The third-order valence-electron chi connectivity index (χ3n) is 2.77. The molecule has 0 saturated carbocycles. The maximum atomic E-state index is 3.44. The van der Waals surface area contributed by atoms with Crippen LogP contribution in [0.15, 0.2) is 30.3 Å². The first-order valence-electron chi connectivity index (χ1n) is 5.79. The van der Waals surface area contributed by atoms with Gasteiger partial charge in [-0.15, -0.1) is 0 Å². The Labute approximate surface area is 108 Å². The van der Waals surface area contributed by atoms with Crippen molar-refractivity contribution < 1.29 is 0 Å². The molecule has 0 amide bonds. The Kier molecular flexibility index (Phi) is 4.79. The molecular weight excluding hydrogens is 260 g/mol. The summed E-state index contributed by atoms with van der Waals surface area (Å²) in [7, 11) is 0. The molecule has 0 bridgehead atoms. The fourth-order valence-electron chi connectivity index (χ4n) is 1.62. The predicted molar refractivity (Wildman–Crippen MR) is 77.2 cm³/mol. The van der Waals surface area contributed by atoms with Crippen LogP contribution < -0.4 is 0 Å². The Balaban J connectivity index is 2.87. The summed E-state index contributed by atoms with van der Waals surface area (Å²) in [4.78, 5) is 0. The first kappa shape index (κ1) is 13.5. The highest BCUT2D eigenvalue weighted by Crippen LogP contribution is 2.24. The van der Waals surface area contributed by atoms with E-state index in [0.717, 1.165) is 11.8 Å². The molecule has 0 saturated heterocycles. The minimum absolute atomic E-state index is 0.242. The van der Waals surface area contributed by atoms with Crippen LogP contribution in [0, 0.1) is 0 Å². The molecule has 0 aliphatic heterocycles. The molecule has 0 aromatic heterocycles. The van der Waals surface area contributed by atoms with Gasteiger partial charge in [-0.3, -0.25) is 0 Å². The van der Waals surface area contributed by atoms with Crippen LogP contribution in [-0.2, 0) is 5.41 Å². The van der Waals surface area contributed by atoms with Gasteiger partial charge in [-0.25, -0.2) is 0 Å². The quantitative estimate of drug-likeness (QED) is 0.670. The molecule has 0 heterocycles. The molecule has 1 heteroatoms. The number of hydrogen-bond donors (Lipinski definition) is 0. The molecular formula is C15H21Br. The van der Waals surface area contributed by atoms with Gasteiger partial charge in [0.15, 0.2) is 0 Å². The van der Waals surface area contributed by atoms with E-state index in [4.69, 9.17) is 0 Å². The van der Waals surface area contributed by atoms with Gasteiger partial charge in [-0.2, -0.15) is 0 Å². The smallest absolute Gasteiger partial charge is 0.00661 e. The van der Waals surface area contributed by atoms with Crippen LogP contribution in [0.1, 0.15) is 45.2 Å². The average molecular weight is 281 g/mol. The van der Waals surface area contributed by atoms with Crippen molar-refractivity contribution in [2.24, 2.45) is 0 Å². The Morgan fingerprint density at radius 2 is 1.75 bits per heavy atom. The highest BCUT2D eigenvalue weighted by atomic mass is 79.9. The summed E-state index contributed by atoms with van der Waals surface area (Å²) in [5.41, 5.74) is 4.32. The summed E-state index contributed by atoms with van der Waals surface area (Å²) in [5.74, 6) is 0. The lowest BCUT2D eigenvalue weighted by molar-refractivity contribution is 0.590. The average Bonchev–Trinajstić information content (AvgIpc) is 2.25. The second-order valence-corrected chi connectivity index (χ2v) is 5.99. The molecule has 0 aliphatic carbocycles. The molecule has 0 nitrogen and oxygen atoms in total. The number of rotatable bonds is 3. The SMILES string of the molecule is C/C(=C\CCBr)c1ccc(C(C)(C)C)cc1. The zero-order valence-electron chi connectivity index (χ0n) is 10.7. The molecule has 0 fully saturated rings. The van der Waals surface area contributed by atoms with Gasteiger partial charge in [0, 0.05) is 5.33 Å². The summed E-state index contributed by atoms with van der Waals surface area (Å²) in [6, 6.07) is 8.92. The normalized spacial score (nSPS) is 12.9. The minimum atomic E-state index is 0.242. The first-order valence-corrected chi connectivity index (χ1v) is 6.91. The van der Waals surface area contributed by atoms with E-state index >= 15 is 0 Å². The lowest BCUT2D eigenvalue weighted by atomic mass is 9.86. The maximum Gasteiger partial charge on any atom is 0.00661 e. The van der Waals surface area contributed by atoms with Crippen LogP contribution in [0.25, 0.3) is 5.57 Å². The van der Waals surface area contributed by atoms with E-state index in [-0.39, 0.29) is 5.41 Å². The van der Waals surface area contributed by atoms with Crippen molar-refractivity contribution in [2.75, 3.05) is 5.33 Å². The lowest BCUT2D eigenvalue weighted by Crippen LogP contribution is -2.10. The van der Waals surface area contributed by atoms with Crippen molar-refractivity contribution in [1.82, 2.24) is 0 Å². The van der Waals surface area contributed by atoms with Crippen molar-refractivity contribution in [2.45, 2.75) is 39.5 Å². The molecule has 0 atom stereocenters. The van der Waals surface area contributed by atoms with Crippen LogP contribution in [-0.4, -0.2) is 5.33 Å². The van der Waals surface area contributed by atoms with Crippen LogP contribution in [0.3, 0.4) is 0 Å². The second-order valence-electron chi connectivity index (χ2n) is 5.19. The molecule has 0 unspecified atom stereocenters. The summed E-state index contributed by atoms with van der Waals surface area (Å²) in [6.45, 7) is 8.91. The molecule has 0 spiro atoms. The molecule has 16 heavy (non-hydrogen) atoms. The Morgan fingerprint density at radius 1 is 1.19 bits per heavy atom. The number of allylic oxidation sites excluding steroid dienone is 2. The van der Waals surface area contributed by atoms with Crippen molar-refractivity contribution in [3.05, 3.63) is 41.5 Å². The van der Waals surface area contributed by atoms with E-state index in [9.17, 15) is 0 Å². The van der Waals surface area contributed by atoms with Gasteiger partial charge in [0.2, 0.25) is 0 Å². The van der Waals surface area contributed by atoms with E-state index in [2.05, 4.69) is 74.0 Å². The number of alkyl halides is 1. The Hall–Kier alpha value is -0.560. The largest absolute Gasteiger partial charge is 0.0925 e. The van der Waals surface area contributed by atoms with Crippen LogP contribution in [0.4, 0.5) is 0 Å². The second kappa shape index (κ2) is 5.67. The van der Waals surface area contributed by atoms with E-state index in [1.807, 2.05) is 0 Å². The van der Waals surface area contributed by atoms with Crippen LogP contribution in [0.2, 0.25) is 0 Å². The zero-order valence-corrected chi connectivity index (χ0v) is 12.3. The maximum absolute atomic E-state index is 3.44. The molecule has 1 aromatic carbocycles. The Bertz CT molecular complexity index is 352. The highest BCUT2D eigenvalue weighted by molar-refractivity contribution is 9.09. The van der Waals surface area contributed by atoms with E-state index in [1.165, 1.54) is 16.7 Å².